The first kappa shape index (κ1) is 32.8. The third-order valence-electron chi connectivity index (χ3n) is 13.3. The Bertz CT molecular complexity index is 2220. The summed E-state index contributed by atoms with van der Waals surface area (Å²) in [4.78, 5) is 9.10. The van der Waals surface area contributed by atoms with Gasteiger partial charge in [-0.1, -0.05) is 30.8 Å². The van der Waals surface area contributed by atoms with Crippen molar-refractivity contribution in [2.75, 3.05) is 39.9 Å². The lowest BCUT2D eigenvalue weighted by Gasteiger charge is -2.62. The number of aromatic amines is 1. The van der Waals surface area contributed by atoms with Crippen LogP contribution in [-0.4, -0.2) is 77.4 Å². The van der Waals surface area contributed by atoms with Gasteiger partial charge in [0.2, 0.25) is 6.79 Å². The van der Waals surface area contributed by atoms with E-state index in [0.29, 0.717) is 18.1 Å². The smallest absolute Gasteiger partial charge is 0.231 e. The molecule has 52 heavy (non-hydrogen) atoms. The number of H-pyrrole nitrogens is 1. The maximum absolute atomic E-state index is 12.1. The van der Waals surface area contributed by atoms with Crippen molar-refractivity contribution in [1.29, 1.82) is 0 Å². The van der Waals surface area contributed by atoms with Gasteiger partial charge in [0.1, 0.15) is 17.9 Å². The van der Waals surface area contributed by atoms with Crippen molar-refractivity contribution in [3.05, 3.63) is 92.9 Å². The van der Waals surface area contributed by atoms with E-state index in [0.717, 1.165) is 64.5 Å². The van der Waals surface area contributed by atoms with Gasteiger partial charge < -0.3 is 29.0 Å². The number of phenols is 1. The molecule has 0 saturated carbocycles. The number of nitrogens with one attached hydrogen (secondary N) is 2. The molecule has 0 radical (unpaired) electrons. The van der Waals surface area contributed by atoms with E-state index in [2.05, 4.69) is 85.2 Å². The molecule has 1 aromatic heterocycles. The summed E-state index contributed by atoms with van der Waals surface area (Å²) in [7, 11) is 3.89. The lowest BCUT2D eigenvalue weighted by atomic mass is 9.75. The average Bonchev–Trinajstić information content (AvgIpc) is 3.70. The quantitative estimate of drug-likeness (QED) is 0.192. The number of methoxy groups -OCH3 is 1. The predicted octanol–water partition coefficient (Wildman–Crippen LogP) is 7.01. The van der Waals surface area contributed by atoms with Crippen molar-refractivity contribution in [2.24, 2.45) is 0 Å². The van der Waals surface area contributed by atoms with Gasteiger partial charge in [-0.25, -0.2) is 0 Å². The number of thioether (sulfide) groups is 1. The van der Waals surface area contributed by atoms with Gasteiger partial charge in [-0.3, -0.25) is 15.1 Å². The molecule has 1 spiro atoms. The number of piperazine rings is 1. The molecule has 0 aliphatic carbocycles. The zero-order valence-electron chi connectivity index (χ0n) is 31.1. The Hall–Kier alpha value is -3.83. The predicted molar refractivity (Wildman–Crippen MR) is 204 cm³/mol. The number of aryl methyl sites for hydroxylation is 1. The summed E-state index contributed by atoms with van der Waals surface area (Å²) < 4.78 is 25.6. The Morgan fingerprint density at radius 1 is 1.06 bits per heavy atom. The molecule has 10 heteroatoms. The minimum atomic E-state index is -0.641. The molecule has 3 aromatic carbocycles. The first-order valence-corrected chi connectivity index (χ1v) is 19.6. The molecular formula is C42H48N4O5S. The van der Waals surface area contributed by atoms with Crippen molar-refractivity contribution in [1.82, 2.24) is 20.1 Å². The van der Waals surface area contributed by atoms with E-state index in [1.807, 2.05) is 18.7 Å². The molecule has 9 heterocycles. The van der Waals surface area contributed by atoms with Gasteiger partial charge in [-0.05, 0) is 94.0 Å². The van der Waals surface area contributed by atoms with E-state index in [4.69, 9.17) is 25.5 Å². The van der Waals surface area contributed by atoms with E-state index in [1.54, 1.807) is 7.11 Å². The molecule has 9 nitrogen and oxygen atoms in total. The van der Waals surface area contributed by atoms with Gasteiger partial charge in [0.15, 0.2) is 23.0 Å². The van der Waals surface area contributed by atoms with Crippen LogP contribution in [0.1, 0.15) is 81.4 Å². The van der Waals surface area contributed by atoms with Gasteiger partial charge in [0, 0.05) is 62.9 Å². The van der Waals surface area contributed by atoms with Crippen LogP contribution in [0.2, 0.25) is 0 Å². The number of phenolic OH excluding ortho intramolecular Hbond substituents is 1. The van der Waals surface area contributed by atoms with Crippen molar-refractivity contribution in [2.45, 2.75) is 88.0 Å². The summed E-state index contributed by atoms with van der Waals surface area (Å²) in [6, 6.07) is 10.9. The van der Waals surface area contributed by atoms with Crippen LogP contribution < -0.4 is 19.5 Å². The summed E-state index contributed by atoms with van der Waals surface area (Å²) in [5.74, 6) is 3.98. The topological polar surface area (TPSA) is 91.5 Å². The summed E-state index contributed by atoms with van der Waals surface area (Å²) in [5, 5.41) is 17.5. The van der Waals surface area contributed by atoms with Crippen LogP contribution in [-0.2, 0) is 23.1 Å². The Kier molecular flexibility index (Phi) is 7.00. The van der Waals surface area contributed by atoms with Gasteiger partial charge in [0.25, 0.3) is 0 Å². The molecule has 272 valence electrons. The van der Waals surface area contributed by atoms with Crippen LogP contribution in [0, 0.1) is 20.8 Å². The second kappa shape index (κ2) is 11.1. The molecule has 2 saturated heterocycles. The molecule has 8 aliphatic heterocycles. The monoisotopic (exact) mass is 720 g/mol. The van der Waals surface area contributed by atoms with Crippen LogP contribution in [0.4, 0.5) is 0 Å². The van der Waals surface area contributed by atoms with Crippen molar-refractivity contribution in [3.63, 3.8) is 0 Å². The highest BCUT2D eigenvalue weighted by Crippen LogP contribution is 2.64. The Labute approximate surface area is 309 Å². The fraction of sp³-hybridized carbons (Fsp3) is 0.476. The fourth-order valence-corrected chi connectivity index (χ4v) is 13.1. The molecular weight excluding hydrogens is 673 g/mol. The van der Waals surface area contributed by atoms with Gasteiger partial charge in [0.05, 0.1) is 19.2 Å². The molecule has 4 aromatic rings. The van der Waals surface area contributed by atoms with Crippen LogP contribution in [0.3, 0.4) is 0 Å². The second-order valence-corrected chi connectivity index (χ2v) is 17.5. The highest BCUT2D eigenvalue weighted by Gasteiger charge is 2.62. The minimum absolute atomic E-state index is 0.000465. The number of ether oxygens (including phenoxy) is 4. The molecule has 8 aliphatic rings. The molecule has 4 bridgehead atoms. The Balaban J connectivity index is 1.24. The number of aromatic nitrogens is 1. The standard InChI is InChI=1S/C42H48N4O5S/c1-20-13-25-15-41(6)17-45(7)33(31(25)35(47)36(20)48-8)34-39-30-22(3)23(4)37-38(51-19-50-37)32(30)29(46(34)41)16-49-24(5)42(18-52-39)40-27(14-21(2)44-42)26-11-9-10-12-28(26)43-40/h9-13,21,29,33-34,39,43-44,47H,5,14-19H2,1-4,6-8H3/t21-,29-,33+,34?,39+,41?,42-/m0/s1. The van der Waals surface area contributed by atoms with Crippen LogP contribution in [0.5, 0.6) is 23.0 Å². The second-order valence-electron chi connectivity index (χ2n) is 16.4. The number of benzene rings is 3. The van der Waals surface area contributed by atoms with Crippen LogP contribution >= 0.6 is 11.8 Å². The average molecular weight is 721 g/mol. The SMILES string of the molecule is C=C1OC[C@H]2c3c4c(c(C)c(C)c3[C@@H](SC[C@]13N[C@@H](C)Cc1c3[nH]c3ccccc13)C1[C@H]3c5c(cc(C)c(OC)c5O)CC(C)(CN3C)N12)OCO4. The molecule has 12 rings (SSSR count). The summed E-state index contributed by atoms with van der Waals surface area (Å²) in [6.07, 6.45) is 1.71. The minimum Gasteiger partial charge on any atom is -0.504 e. The largest absolute Gasteiger partial charge is 0.504 e. The lowest BCUT2D eigenvalue weighted by Crippen LogP contribution is -2.68. The van der Waals surface area contributed by atoms with Crippen LogP contribution in [0.25, 0.3) is 10.9 Å². The van der Waals surface area contributed by atoms with Gasteiger partial charge in [-0.15, -0.1) is 11.8 Å². The van der Waals surface area contributed by atoms with Crippen molar-refractivity contribution in [3.8, 4) is 23.0 Å². The first-order chi connectivity index (χ1) is 25.0. The van der Waals surface area contributed by atoms with E-state index in [-0.39, 0.29) is 47.5 Å². The Morgan fingerprint density at radius 2 is 1.85 bits per heavy atom. The molecule has 2 fully saturated rings. The highest BCUT2D eigenvalue weighted by atomic mass is 32.2. The zero-order valence-corrected chi connectivity index (χ0v) is 31.9. The van der Waals surface area contributed by atoms with Crippen molar-refractivity contribution < 1.29 is 24.1 Å². The third-order valence-corrected chi connectivity index (χ3v) is 14.8. The summed E-state index contributed by atoms with van der Waals surface area (Å²) in [6.45, 7) is 17.3. The number of rotatable bonds is 1. The lowest BCUT2D eigenvalue weighted by molar-refractivity contribution is -0.106. The first-order valence-electron chi connectivity index (χ1n) is 18.6. The van der Waals surface area contributed by atoms with Crippen LogP contribution in [0.15, 0.2) is 42.7 Å². The molecule has 8 atom stereocenters. The van der Waals surface area contributed by atoms with Gasteiger partial charge >= 0.3 is 0 Å². The number of fused-ring (bicyclic) bond motifs is 8. The zero-order chi connectivity index (χ0) is 36.0. The maximum Gasteiger partial charge on any atom is 0.231 e. The number of likely N-dealkylation sites (N-methyl/N-ethyl adjacent to an activating group) is 1. The van der Waals surface area contributed by atoms with E-state index >= 15 is 0 Å². The molecule has 3 unspecified atom stereocenters. The highest BCUT2D eigenvalue weighted by molar-refractivity contribution is 7.99. The maximum atomic E-state index is 12.1. The fourth-order valence-electron chi connectivity index (χ4n) is 11.3. The number of nitrogens with zero attached hydrogens (tertiary/aromatic N) is 2. The summed E-state index contributed by atoms with van der Waals surface area (Å²) >= 11 is 1.98. The molecule has 3 N–H and O–H groups in total. The molecule has 0 amide bonds. The number of aromatic hydroxyl groups is 1. The van der Waals surface area contributed by atoms with E-state index < -0.39 is 5.54 Å². The van der Waals surface area contributed by atoms with E-state index in [1.165, 1.54) is 33.2 Å². The van der Waals surface area contributed by atoms with Gasteiger partial charge in [-0.2, -0.15) is 0 Å². The summed E-state index contributed by atoms with van der Waals surface area (Å²) in [5.41, 5.74) is 10.7. The van der Waals surface area contributed by atoms with Crippen molar-refractivity contribution >= 4 is 22.7 Å². The number of hydrogen-bond donors (Lipinski definition) is 3. The van der Waals surface area contributed by atoms with E-state index in [9.17, 15) is 5.11 Å². The number of hydrogen-bond acceptors (Lipinski definition) is 9. The third kappa shape index (κ3) is 4.12. The normalized spacial score (nSPS) is 32.9. The number of para-hydroxylation sites is 1. The Morgan fingerprint density at radius 3 is 2.65 bits per heavy atom.